The first-order chi connectivity index (χ1) is 17.8. The highest BCUT2D eigenvalue weighted by Crippen LogP contribution is 2.43. The van der Waals surface area contributed by atoms with E-state index in [1.807, 2.05) is 12.1 Å². The zero-order chi connectivity index (χ0) is 28.0. The van der Waals surface area contributed by atoms with Crippen molar-refractivity contribution in [3.8, 4) is 0 Å². The van der Waals surface area contributed by atoms with E-state index in [4.69, 9.17) is 39.9 Å². The highest BCUT2D eigenvalue weighted by atomic mass is 35.5. The maximum absolute atomic E-state index is 13.1. The molecule has 0 aliphatic heterocycles. The fourth-order valence-corrected chi connectivity index (χ4v) is 5.55. The molecule has 3 rings (SSSR count). The predicted octanol–water partition coefficient (Wildman–Crippen LogP) is 7.57. The maximum Gasteiger partial charge on any atom is 0.319 e. The van der Waals surface area contributed by atoms with Crippen molar-refractivity contribution in [2.24, 2.45) is 17.3 Å². The molecule has 1 atom stereocenters. The molecule has 1 fully saturated rings. The van der Waals surface area contributed by atoms with Crippen LogP contribution >= 0.6 is 34.8 Å². The number of nitrogens with one attached hydrogen (secondary N) is 3. The van der Waals surface area contributed by atoms with Crippen LogP contribution in [-0.2, 0) is 4.79 Å². The topological polar surface area (TPSA) is 108 Å². The van der Waals surface area contributed by atoms with Gasteiger partial charge in [-0.1, -0.05) is 67.7 Å². The summed E-state index contributed by atoms with van der Waals surface area (Å²) in [6, 6.07) is 9.45. The molecule has 206 valence electrons. The lowest BCUT2D eigenvalue weighted by Gasteiger charge is -2.39. The summed E-state index contributed by atoms with van der Waals surface area (Å²) < 4.78 is 0. The van der Waals surface area contributed by atoms with Gasteiger partial charge in [-0.05, 0) is 72.8 Å². The van der Waals surface area contributed by atoms with Crippen molar-refractivity contribution in [1.29, 1.82) is 0 Å². The summed E-state index contributed by atoms with van der Waals surface area (Å²) in [5.74, 6) is -0.491. The Morgan fingerprint density at radius 2 is 1.55 bits per heavy atom. The van der Waals surface area contributed by atoms with Crippen LogP contribution in [0.3, 0.4) is 0 Å². The Kier molecular flexibility index (Phi) is 10.3. The van der Waals surface area contributed by atoms with Crippen LogP contribution in [0.25, 0.3) is 0 Å². The van der Waals surface area contributed by atoms with E-state index in [1.54, 1.807) is 12.1 Å². The van der Waals surface area contributed by atoms with Gasteiger partial charge in [0.25, 0.3) is 5.91 Å². The molecule has 1 aliphatic carbocycles. The van der Waals surface area contributed by atoms with E-state index in [1.165, 1.54) is 12.1 Å². The van der Waals surface area contributed by atoms with E-state index < -0.39 is 12.0 Å². The summed E-state index contributed by atoms with van der Waals surface area (Å²) in [7, 11) is 0. The number of hydrogen-bond acceptors (Lipinski definition) is 3. The summed E-state index contributed by atoms with van der Waals surface area (Å²) in [6.45, 7) is 6.85. The Morgan fingerprint density at radius 3 is 2.08 bits per heavy atom. The highest BCUT2D eigenvalue weighted by molar-refractivity contribution is 6.48. The zero-order valence-corrected chi connectivity index (χ0v) is 24.0. The molecule has 0 spiro atoms. The molecule has 2 aromatic carbocycles. The quantitative estimate of drug-likeness (QED) is 0.241. The van der Waals surface area contributed by atoms with Gasteiger partial charge < -0.3 is 21.1 Å². The molecule has 3 amide bonds. The number of carboxylic acid groups (broad SMARTS) is 1. The molecule has 1 aliphatic rings. The van der Waals surface area contributed by atoms with Crippen LogP contribution in [0.4, 0.5) is 10.5 Å². The first-order valence-corrected chi connectivity index (χ1v) is 13.8. The van der Waals surface area contributed by atoms with Gasteiger partial charge in [0.1, 0.15) is 0 Å². The van der Waals surface area contributed by atoms with Crippen molar-refractivity contribution in [2.75, 3.05) is 11.9 Å². The lowest BCUT2D eigenvalue weighted by Crippen LogP contribution is -2.38. The molecule has 0 bridgehead atoms. The molecule has 38 heavy (non-hydrogen) atoms. The lowest BCUT2D eigenvalue weighted by atomic mass is 9.68. The number of halogens is 3. The first kappa shape index (κ1) is 30.1. The molecule has 0 aromatic heterocycles. The summed E-state index contributed by atoms with van der Waals surface area (Å²) in [5, 5.41) is 18.0. The van der Waals surface area contributed by atoms with Gasteiger partial charge in [-0.15, -0.1) is 0 Å². The summed E-state index contributed by atoms with van der Waals surface area (Å²) in [4.78, 5) is 36.2. The van der Waals surface area contributed by atoms with Crippen LogP contribution in [0.1, 0.15) is 74.8 Å². The Morgan fingerprint density at radius 1 is 0.974 bits per heavy atom. The Labute approximate surface area is 238 Å². The number of anilines is 1. The number of hydrogen-bond donors (Lipinski definition) is 4. The number of rotatable bonds is 8. The predicted molar refractivity (Wildman–Crippen MR) is 152 cm³/mol. The van der Waals surface area contributed by atoms with Crippen molar-refractivity contribution in [3.05, 3.63) is 62.6 Å². The number of amides is 3. The maximum atomic E-state index is 13.1. The number of aliphatic carboxylic acids is 1. The third kappa shape index (κ3) is 8.26. The average molecular weight is 583 g/mol. The van der Waals surface area contributed by atoms with Crippen LogP contribution < -0.4 is 16.0 Å². The molecule has 10 heteroatoms. The third-order valence-corrected chi connectivity index (χ3v) is 8.35. The number of urea groups is 1. The van der Waals surface area contributed by atoms with Gasteiger partial charge in [0.2, 0.25) is 0 Å². The Hall–Kier alpha value is -2.48. The zero-order valence-electron chi connectivity index (χ0n) is 21.7. The summed E-state index contributed by atoms with van der Waals surface area (Å²) in [6.07, 6.45) is 3.92. The monoisotopic (exact) mass is 581 g/mol. The van der Waals surface area contributed by atoms with Crippen LogP contribution in [-0.4, -0.2) is 29.6 Å². The van der Waals surface area contributed by atoms with E-state index >= 15 is 0 Å². The summed E-state index contributed by atoms with van der Waals surface area (Å²) in [5.41, 5.74) is 1.96. The molecule has 1 unspecified atom stereocenters. The highest BCUT2D eigenvalue weighted by Gasteiger charge is 2.34. The smallest absolute Gasteiger partial charge is 0.319 e. The molecule has 4 N–H and O–H groups in total. The minimum Gasteiger partial charge on any atom is -0.481 e. The minimum absolute atomic E-state index is 0.0516. The van der Waals surface area contributed by atoms with E-state index in [0.29, 0.717) is 17.2 Å². The molecule has 0 heterocycles. The van der Waals surface area contributed by atoms with Crippen LogP contribution in [0.15, 0.2) is 36.4 Å². The van der Waals surface area contributed by atoms with Gasteiger partial charge in [0, 0.05) is 17.8 Å². The van der Waals surface area contributed by atoms with E-state index in [-0.39, 0.29) is 51.3 Å². The van der Waals surface area contributed by atoms with Gasteiger partial charge in [0.05, 0.1) is 27.5 Å². The van der Waals surface area contributed by atoms with Crippen molar-refractivity contribution >= 4 is 58.4 Å². The van der Waals surface area contributed by atoms with Crippen molar-refractivity contribution in [2.45, 2.75) is 58.9 Å². The molecule has 0 saturated heterocycles. The van der Waals surface area contributed by atoms with E-state index in [9.17, 15) is 14.4 Å². The molecule has 1 saturated carbocycles. The van der Waals surface area contributed by atoms with Crippen molar-refractivity contribution in [1.82, 2.24) is 10.6 Å². The number of carbonyl (C=O) groups excluding carboxylic acids is 2. The fraction of sp³-hybridized carbons (Fsp3) is 0.464. The fourth-order valence-electron chi connectivity index (χ4n) is 4.95. The van der Waals surface area contributed by atoms with Crippen LogP contribution in [0.2, 0.25) is 15.1 Å². The van der Waals surface area contributed by atoms with Crippen LogP contribution in [0.5, 0.6) is 0 Å². The van der Waals surface area contributed by atoms with Gasteiger partial charge in [-0.3, -0.25) is 9.59 Å². The number of carboxylic acids is 1. The van der Waals surface area contributed by atoms with Gasteiger partial charge >= 0.3 is 12.0 Å². The Bertz CT molecular complexity index is 1130. The first-order valence-electron chi connectivity index (χ1n) is 12.7. The van der Waals surface area contributed by atoms with E-state index in [0.717, 1.165) is 31.2 Å². The average Bonchev–Trinajstić information content (AvgIpc) is 2.85. The van der Waals surface area contributed by atoms with Gasteiger partial charge in [0.15, 0.2) is 0 Å². The SMILES string of the molecule is CC(C)(C)C1CCC(C(NC(=O)Nc2cc(Cl)c(Cl)c(Cl)c2)c2ccc(C(=O)NCCC(=O)O)cc2)CC1. The lowest BCUT2D eigenvalue weighted by molar-refractivity contribution is -0.136. The molecule has 2 aromatic rings. The van der Waals surface area contributed by atoms with Crippen LogP contribution in [0, 0.1) is 17.3 Å². The minimum atomic E-state index is -0.975. The van der Waals surface area contributed by atoms with Crippen molar-refractivity contribution in [3.63, 3.8) is 0 Å². The standard InChI is InChI=1S/C28H34Cl3N3O4/c1-28(2,3)19-10-8-17(9-11-19)25(34-27(38)33-20-14-21(29)24(31)22(30)15-20)16-4-6-18(7-5-16)26(37)32-13-12-23(35)36/h4-7,14-15,17,19,25H,8-13H2,1-3H3,(H,32,37)(H,35,36)(H2,33,34,38). The number of benzene rings is 2. The summed E-state index contributed by atoms with van der Waals surface area (Å²) >= 11 is 18.3. The number of carbonyl (C=O) groups is 3. The normalized spacial score (nSPS) is 18.4. The largest absolute Gasteiger partial charge is 0.481 e. The molecular formula is C28H34Cl3N3O4. The van der Waals surface area contributed by atoms with Crippen molar-refractivity contribution < 1.29 is 19.5 Å². The second kappa shape index (κ2) is 13.0. The second-order valence-electron chi connectivity index (χ2n) is 10.8. The van der Waals surface area contributed by atoms with E-state index in [2.05, 4.69) is 36.7 Å². The van der Waals surface area contributed by atoms with Gasteiger partial charge in [-0.25, -0.2) is 4.79 Å². The third-order valence-electron chi connectivity index (χ3n) is 7.15. The molecular weight excluding hydrogens is 549 g/mol. The Balaban J connectivity index is 1.77. The molecule has 0 radical (unpaired) electrons. The second-order valence-corrected chi connectivity index (χ2v) is 12.0. The molecule has 7 nitrogen and oxygen atoms in total. The van der Waals surface area contributed by atoms with Gasteiger partial charge in [-0.2, -0.15) is 0 Å².